The lowest BCUT2D eigenvalue weighted by Crippen LogP contribution is -2.56. The van der Waals surface area contributed by atoms with E-state index in [0.29, 0.717) is 16.7 Å². The number of hydrogen-bond donors (Lipinski definition) is 0. The first kappa shape index (κ1) is 18.2. The van der Waals surface area contributed by atoms with Crippen molar-refractivity contribution in [1.82, 2.24) is 9.80 Å². The molecule has 1 saturated heterocycles. The van der Waals surface area contributed by atoms with Gasteiger partial charge in [-0.15, -0.1) is 0 Å². The second kappa shape index (κ2) is 8.67. The Labute approximate surface area is 144 Å². The number of rotatable bonds is 8. The fraction of sp³-hybridized carbons (Fsp3) is 0.611. The molecule has 5 heteroatoms. The van der Waals surface area contributed by atoms with Crippen molar-refractivity contribution in [2.75, 3.05) is 33.3 Å². The van der Waals surface area contributed by atoms with Crippen molar-refractivity contribution in [2.45, 2.75) is 38.8 Å². The minimum atomic E-state index is 0.0574. The van der Waals surface area contributed by atoms with Gasteiger partial charge in [0.15, 0.2) is 0 Å². The number of benzene rings is 1. The number of ether oxygens (including phenoxy) is 1. The summed E-state index contributed by atoms with van der Waals surface area (Å²) < 4.78 is 5.60. The Morgan fingerprint density at radius 1 is 1.35 bits per heavy atom. The third kappa shape index (κ3) is 4.93. The van der Waals surface area contributed by atoms with Gasteiger partial charge in [0.25, 0.3) is 5.91 Å². The molecule has 1 unspecified atom stereocenters. The van der Waals surface area contributed by atoms with Gasteiger partial charge in [0.2, 0.25) is 0 Å². The molecule has 23 heavy (non-hydrogen) atoms. The Hall–Kier alpha value is -1.10. The number of hydrogen-bond acceptors (Lipinski definition) is 3. The van der Waals surface area contributed by atoms with E-state index in [4.69, 9.17) is 16.3 Å². The maximum absolute atomic E-state index is 12.7. The van der Waals surface area contributed by atoms with E-state index in [1.54, 1.807) is 24.3 Å². The van der Waals surface area contributed by atoms with Crippen LogP contribution in [0.25, 0.3) is 0 Å². The van der Waals surface area contributed by atoms with Gasteiger partial charge in [-0.2, -0.15) is 0 Å². The summed E-state index contributed by atoms with van der Waals surface area (Å²) in [4.78, 5) is 16.9. The van der Waals surface area contributed by atoms with Crippen molar-refractivity contribution < 1.29 is 9.53 Å². The van der Waals surface area contributed by atoms with Crippen LogP contribution in [-0.2, 0) is 4.74 Å². The maximum atomic E-state index is 12.7. The fourth-order valence-electron chi connectivity index (χ4n) is 3.01. The molecule has 128 valence electrons. The van der Waals surface area contributed by atoms with Crippen LogP contribution in [0.3, 0.4) is 0 Å². The summed E-state index contributed by atoms with van der Waals surface area (Å²) in [6, 6.07) is 7.34. The summed E-state index contributed by atoms with van der Waals surface area (Å²) in [5.74, 6) is 0.0574. The molecule has 1 heterocycles. The van der Waals surface area contributed by atoms with E-state index in [-0.39, 0.29) is 11.9 Å². The molecule has 0 saturated carbocycles. The van der Waals surface area contributed by atoms with Crippen LogP contribution in [0.2, 0.25) is 5.02 Å². The van der Waals surface area contributed by atoms with Gasteiger partial charge >= 0.3 is 0 Å². The number of likely N-dealkylation sites (N-methyl/N-ethyl adjacent to an activating group) is 1. The highest BCUT2D eigenvalue weighted by atomic mass is 35.5. The lowest BCUT2D eigenvalue weighted by Gasteiger charge is -2.42. The summed E-state index contributed by atoms with van der Waals surface area (Å²) in [7, 11) is 1.90. The Morgan fingerprint density at radius 2 is 2.00 bits per heavy atom. The molecular weight excluding hydrogens is 312 g/mol. The molecule has 1 aliphatic heterocycles. The van der Waals surface area contributed by atoms with Crippen LogP contribution in [0.1, 0.15) is 37.0 Å². The molecule has 1 aromatic carbocycles. The topological polar surface area (TPSA) is 32.8 Å². The first-order valence-electron chi connectivity index (χ1n) is 8.41. The molecule has 1 fully saturated rings. The van der Waals surface area contributed by atoms with Crippen molar-refractivity contribution in [1.29, 1.82) is 0 Å². The largest absolute Gasteiger partial charge is 0.376 e. The Morgan fingerprint density at radius 3 is 2.57 bits per heavy atom. The average molecular weight is 339 g/mol. The number of likely N-dealkylation sites (tertiary alicyclic amines) is 1. The van der Waals surface area contributed by atoms with Crippen LogP contribution in [0.5, 0.6) is 0 Å². The van der Waals surface area contributed by atoms with Gasteiger partial charge in [-0.25, -0.2) is 0 Å². The monoisotopic (exact) mass is 338 g/mol. The van der Waals surface area contributed by atoms with Crippen molar-refractivity contribution in [3.63, 3.8) is 0 Å². The molecule has 1 amide bonds. The van der Waals surface area contributed by atoms with Gasteiger partial charge in [0, 0.05) is 49.9 Å². The van der Waals surface area contributed by atoms with E-state index < -0.39 is 0 Å². The van der Waals surface area contributed by atoms with Gasteiger partial charge in [0.05, 0.1) is 6.10 Å². The van der Waals surface area contributed by atoms with Gasteiger partial charge < -0.3 is 9.64 Å². The standard InChI is InChI=1S/C18H27ClN2O2/c1-4-6-16(11-21-12-17(13-21)23-5-2)20(3)18(22)14-7-9-15(19)10-8-14/h7-10,16-17H,4-6,11-13H2,1-3H3. The average Bonchev–Trinajstić information content (AvgIpc) is 2.51. The number of halogens is 1. The predicted molar refractivity (Wildman–Crippen MR) is 94.1 cm³/mol. The van der Waals surface area contributed by atoms with Gasteiger partial charge in [-0.1, -0.05) is 24.9 Å². The number of carbonyl (C=O) groups excluding carboxylic acids is 1. The zero-order valence-corrected chi connectivity index (χ0v) is 15.1. The Kier molecular flexibility index (Phi) is 6.88. The van der Waals surface area contributed by atoms with E-state index in [2.05, 4.69) is 11.8 Å². The molecule has 2 rings (SSSR count). The maximum Gasteiger partial charge on any atom is 0.253 e. The van der Waals surface area contributed by atoms with E-state index >= 15 is 0 Å². The normalized spacial score (nSPS) is 16.9. The summed E-state index contributed by atoms with van der Waals surface area (Å²) >= 11 is 5.90. The quantitative estimate of drug-likeness (QED) is 0.729. The van der Waals surface area contributed by atoms with E-state index in [9.17, 15) is 4.79 Å². The first-order chi connectivity index (χ1) is 11.0. The lowest BCUT2D eigenvalue weighted by atomic mass is 10.0. The number of amides is 1. The zero-order chi connectivity index (χ0) is 16.8. The second-order valence-electron chi connectivity index (χ2n) is 6.16. The SMILES string of the molecule is CCCC(CN1CC(OCC)C1)N(C)C(=O)c1ccc(Cl)cc1. The molecule has 0 aromatic heterocycles. The van der Waals surface area contributed by atoms with E-state index in [1.807, 2.05) is 18.9 Å². The Bertz CT molecular complexity index is 500. The molecular formula is C18H27ClN2O2. The highest BCUT2D eigenvalue weighted by Crippen LogP contribution is 2.18. The highest BCUT2D eigenvalue weighted by molar-refractivity contribution is 6.30. The fourth-order valence-corrected chi connectivity index (χ4v) is 3.14. The third-order valence-corrected chi connectivity index (χ3v) is 4.63. The molecule has 0 spiro atoms. The summed E-state index contributed by atoms with van der Waals surface area (Å²) in [6.07, 6.45) is 2.43. The van der Waals surface area contributed by atoms with Crippen molar-refractivity contribution in [2.24, 2.45) is 0 Å². The van der Waals surface area contributed by atoms with Gasteiger partial charge in [-0.3, -0.25) is 9.69 Å². The van der Waals surface area contributed by atoms with Crippen LogP contribution >= 0.6 is 11.6 Å². The van der Waals surface area contributed by atoms with Crippen molar-refractivity contribution >= 4 is 17.5 Å². The predicted octanol–water partition coefficient (Wildman–Crippen LogP) is 3.30. The minimum Gasteiger partial charge on any atom is -0.376 e. The molecule has 1 aromatic rings. The zero-order valence-electron chi connectivity index (χ0n) is 14.3. The van der Waals surface area contributed by atoms with E-state index in [1.165, 1.54) is 0 Å². The number of nitrogens with zero attached hydrogens (tertiary/aromatic N) is 2. The minimum absolute atomic E-state index is 0.0574. The Balaban J connectivity index is 1.93. The van der Waals surface area contributed by atoms with Crippen LogP contribution in [-0.4, -0.2) is 61.1 Å². The molecule has 0 aliphatic carbocycles. The first-order valence-corrected chi connectivity index (χ1v) is 8.79. The summed E-state index contributed by atoms with van der Waals surface area (Å²) in [6.45, 7) is 7.81. The second-order valence-corrected chi connectivity index (χ2v) is 6.60. The van der Waals surface area contributed by atoms with Gasteiger partial charge in [-0.05, 0) is 37.6 Å². The summed E-state index contributed by atoms with van der Waals surface area (Å²) in [5.41, 5.74) is 0.689. The smallest absolute Gasteiger partial charge is 0.253 e. The molecule has 0 N–H and O–H groups in total. The third-order valence-electron chi connectivity index (χ3n) is 4.38. The molecule has 1 atom stereocenters. The number of carbonyl (C=O) groups is 1. The van der Waals surface area contributed by atoms with Gasteiger partial charge in [0.1, 0.15) is 0 Å². The molecule has 0 radical (unpaired) electrons. The van der Waals surface area contributed by atoms with Crippen molar-refractivity contribution in [3.8, 4) is 0 Å². The molecule has 4 nitrogen and oxygen atoms in total. The molecule has 0 bridgehead atoms. The highest BCUT2D eigenvalue weighted by Gasteiger charge is 2.31. The van der Waals surface area contributed by atoms with E-state index in [0.717, 1.165) is 39.1 Å². The van der Waals surface area contributed by atoms with Crippen LogP contribution < -0.4 is 0 Å². The van der Waals surface area contributed by atoms with Crippen molar-refractivity contribution in [3.05, 3.63) is 34.9 Å². The van der Waals surface area contributed by atoms with Crippen LogP contribution in [0, 0.1) is 0 Å². The lowest BCUT2D eigenvalue weighted by molar-refractivity contribution is -0.0564. The van der Waals surface area contributed by atoms with Crippen LogP contribution in [0.4, 0.5) is 0 Å². The molecule has 1 aliphatic rings. The summed E-state index contributed by atoms with van der Waals surface area (Å²) in [5, 5.41) is 0.650. The van der Waals surface area contributed by atoms with Crippen LogP contribution in [0.15, 0.2) is 24.3 Å².